The lowest BCUT2D eigenvalue weighted by atomic mass is 10.2. The van der Waals surface area contributed by atoms with E-state index in [1.807, 2.05) is 19.1 Å². The highest BCUT2D eigenvalue weighted by Gasteiger charge is 1.98. The Morgan fingerprint density at radius 2 is 2.07 bits per heavy atom. The molecule has 0 aliphatic rings. The summed E-state index contributed by atoms with van der Waals surface area (Å²) in [6.45, 7) is 5.58. The summed E-state index contributed by atoms with van der Waals surface area (Å²) in [5.74, 6) is 0. The van der Waals surface area contributed by atoms with E-state index in [-0.39, 0.29) is 0 Å². The third-order valence-electron chi connectivity index (χ3n) is 1.77. The van der Waals surface area contributed by atoms with E-state index in [1.54, 1.807) is 17.4 Å². The lowest BCUT2D eigenvalue weighted by molar-refractivity contribution is 1.08. The van der Waals surface area contributed by atoms with E-state index in [1.165, 1.54) is 5.56 Å². The fourth-order valence-electron chi connectivity index (χ4n) is 1.08. The van der Waals surface area contributed by atoms with Gasteiger partial charge in [-0.3, -0.25) is 0 Å². The Morgan fingerprint density at radius 1 is 1.43 bits per heavy atom. The number of hydrogen-bond donors (Lipinski definition) is 0. The van der Waals surface area contributed by atoms with E-state index in [2.05, 4.69) is 39.7 Å². The maximum atomic E-state index is 4.15. The molecule has 0 atom stereocenters. The van der Waals surface area contributed by atoms with Crippen LogP contribution in [0.5, 0.6) is 0 Å². The Balaban J connectivity index is 2.88. The predicted octanol–water partition coefficient (Wildman–Crippen LogP) is 3.54. The monoisotopic (exact) mass is 252 g/mol. The van der Waals surface area contributed by atoms with Gasteiger partial charge in [0.1, 0.15) is 0 Å². The predicted molar refractivity (Wildman–Crippen MR) is 65.9 cm³/mol. The van der Waals surface area contributed by atoms with Crippen molar-refractivity contribution in [1.29, 1.82) is 0 Å². The Kier molecular flexibility index (Phi) is 4.40. The van der Waals surface area contributed by atoms with Gasteiger partial charge in [-0.2, -0.15) is 5.10 Å². The Labute approximate surface area is 93.1 Å². The Hall–Kier alpha value is -1.09. The molecule has 1 aromatic carbocycles. The maximum absolute atomic E-state index is 4.15. The number of hydrogen-bond acceptors (Lipinski definition) is 2. The fourth-order valence-corrected chi connectivity index (χ4v) is 1.46. The first-order chi connectivity index (χ1) is 6.81. The van der Waals surface area contributed by atoms with Crippen LogP contribution in [0.3, 0.4) is 0 Å². The minimum absolute atomic E-state index is 0.873. The lowest BCUT2D eigenvalue weighted by Gasteiger charge is -2.13. The molecule has 0 saturated heterocycles. The van der Waals surface area contributed by atoms with Gasteiger partial charge in [0.2, 0.25) is 0 Å². The van der Waals surface area contributed by atoms with Gasteiger partial charge in [-0.1, -0.05) is 34.6 Å². The summed E-state index contributed by atoms with van der Waals surface area (Å²) in [4.78, 5) is 0. The largest absolute Gasteiger partial charge is 0.242 e. The minimum Gasteiger partial charge on any atom is -0.242 e. The summed E-state index contributed by atoms with van der Waals surface area (Å²) in [5, 5.41) is 6.75. The summed E-state index contributed by atoms with van der Waals surface area (Å²) in [6.07, 6.45) is 3.42. The average Bonchev–Trinajstić information content (AvgIpc) is 2.26. The molecule has 0 fully saturated rings. The molecule has 0 heterocycles. The Morgan fingerprint density at radius 3 is 2.50 bits per heavy atom. The van der Waals surface area contributed by atoms with E-state index in [0.29, 0.717) is 0 Å². The molecular formula is C11H13BrN2. The van der Waals surface area contributed by atoms with Crippen LogP contribution in [-0.4, -0.2) is 6.21 Å². The van der Waals surface area contributed by atoms with Crippen LogP contribution in [0, 0.1) is 0 Å². The first-order valence-electron chi connectivity index (χ1n) is 4.37. The number of benzene rings is 1. The highest BCUT2D eigenvalue weighted by atomic mass is 79.9. The van der Waals surface area contributed by atoms with Gasteiger partial charge in [0.25, 0.3) is 0 Å². The van der Waals surface area contributed by atoms with Gasteiger partial charge in [-0.15, -0.1) is 0 Å². The molecule has 0 bridgehead atoms. The second-order valence-corrected chi connectivity index (χ2v) is 3.26. The molecular weight excluding hydrogens is 240 g/mol. The second kappa shape index (κ2) is 5.60. The van der Waals surface area contributed by atoms with E-state index in [4.69, 9.17) is 0 Å². The number of hydrazone groups is 1. The van der Waals surface area contributed by atoms with Crippen molar-refractivity contribution in [3.63, 3.8) is 0 Å². The molecule has 0 amide bonds. The van der Waals surface area contributed by atoms with Crippen LogP contribution in [0.15, 0.2) is 42.1 Å². The fraction of sp³-hybridized carbons (Fsp3) is 0.182. The van der Waals surface area contributed by atoms with Crippen molar-refractivity contribution in [2.24, 2.45) is 5.10 Å². The highest BCUT2D eigenvalue weighted by molar-refractivity contribution is 9.08. The highest BCUT2D eigenvalue weighted by Crippen LogP contribution is 2.16. The summed E-state index contributed by atoms with van der Waals surface area (Å²) in [6, 6.07) is 8.16. The van der Waals surface area contributed by atoms with Crippen molar-refractivity contribution in [2.75, 3.05) is 5.01 Å². The molecule has 0 saturated carbocycles. The third kappa shape index (κ3) is 2.70. The van der Waals surface area contributed by atoms with Gasteiger partial charge < -0.3 is 0 Å². The van der Waals surface area contributed by atoms with Crippen LogP contribution in [0.1, 0.15) is 12.5 Å². The van der Waals surface area contributed by atoms with Crippen LogP contribution in [0.4, 0.5) is 5.69 Å². The van der Waals surface area contributed by atoms with Crippen LogP contribution < -0.4 is 5.01 Å². The van der Waals surface area contributed by atoms with E-state index in [9.17, 15) is 0 Å². The quantitative estimate of drug-likeness (QED) is 0.455. The summed E-state index contributed by atoms with van der Waals surface area (Å²) >= 11 is 3.40. The van der Waals surface area contributed by atoms with Gasteiger partial charge >= 0.3 is 0 Å². The summed E-state index contributed by atoms with van der Waals surface area (Å²) in [5.41, 5.74) is 2.26. The topological polar surface area (TPSA) is 15.6 Å². The number of halogens is 1. The zero-order valence-electron chi connectivity index (χ0n) is 8.15. The third-order valence-corrected chi connectivity index (χ3v) is 2.42. The molecule has 74 valence electrons. The molecule has 0 spiro atoms. The van der Waals surface area contributed by atoms with Crippen LogP contribution >= 0.6 is 15.9 Å². The van der Waals surface area contributed by atoms with Crippen molar-refractivity contribution >= 4 is 27.8 Å². The standard InChI is InChI=1S/C11H13BrN2/c1-3-13-14(4-2)11-7-5-10(9-12)6-8-11/h3-8H,2,9H2,1H3/b13-3-. The van der Waals surface area contributed by atoms with Crippen molar-refractivity contribution in [3.8, 4) is 0 Å². The summed E-state index contributed by atoms with van der Waals surface area (Å²) in [7, 11) is 0. The number of nitrogens with zero attached hydrogens (tertiary/aromatic N) is 2. The molecule has 2 nitrogen and oxygen atoms in total. The van der Waals surface area contributed by atoms with E-state index < -0.39 is 0 Å². The SMILES string of the molecule is C=CN(/N=C\C)c1ccc(CBr)cc1. The molecule has 1 aromatic rings. The number of alkyl halides is 1. The van der Waals surface area contributed by atoms with Gasteiger partial charge in [-0.05, 0) is 24.6 Å². The van der Waals surface area contributed by atoms with Crippen molar-refractivity contribution < 1.29 is 0 Å². The van der Waals surface area contributed by atoms with Crippen molar-refractivity contribution in [3.05, 3.63) is 42.6 Å². The molecule has 0 aromatic heterocycles. The number of anilines is 1. The molecule has 14 heavy (non-hydrogen) atoms. The van der Waals surface area contributed by atoms with Crippen molar-refractivity contribution in [2.45, 2.75) is 12.3 Å². The van der Waals surface area contributed by atoms with Gasteiger partial charge in [0, 0.05) is 17.7 Å². The Bertz CT molecular complexity index is 317. The maximum Gasteiger partial charge on any atom is 0.0645 e. The van der Waals surface area contributed by atoms with E-state index in [0.717, 1.165) is 11.0 Å². The van der Waals surface area contributed by atoms with Crippen LogP contribution in [0.2, 0.25) is 0 Å². The molecule has 0 N–H and O–H groups in total. The van der Waals surface area contributed by atoms with E-state index >= 15 is 0 Å². The molecule has 0 aliphatic carbocycles. The normalized spacial score (nSPS) is 10.4. The number of rotatable bonds is 4. The van der Waals surface area contributed by atoms with Crippen LogP contribution in [-0.2, 0) is 5.33 Å². The first-order valence-corrected chi connectivity index (χ1v) is 5.49. The molecule has 0 radical (unpaired) electrons. The minimum atomic E-state index is 0.873. The molecule has 1 rings (SSSR count). The average molecular weight is 253 g/mol. The van der Waals surface area contributed by atoms with Gasteiger partial charge in [0.05, 0.1) is 5.69 Å². The van der Waals surface area contributed by atoms with Gasteiger partial charge in [-0.25, -0.2) is 5.01 Å². The van der Waals surface area contributed by atoms with Crippen molar-refractivity contribution in [1.82, 2.24) is 0 Å². The first kappa shape index (κ1) is 11.0. The second-order valence-electron chi connectivity index (χ2n) is 2.70. The summed E-state index contributed by atoms with van der Waals surface area (Å²) < 4.78 is 0. The zero-order chi connectivity index (χ0) is 10.4. The van der Waals surface area contributed by atoms with Crippen LogP contribution in [0.25, 0.3) is 0 Å². The lowest BCUT2D eigenvalue weighted by Crippen LogP contribution is -2.06. The zero-order valence-corrected chi connectivity index (χ0v) is 9.74. The molecule has 3 heteroatoms. The molecule has 0 aliphatic heterocycles. The molecule has 0 unspecified atom stereocenters. The smallest absolute Gasteiger partial charge is 0.0645 e. The van der Waals surface area contributed by atoms with Gasteiger partial charge in [0.15, 0.2) is 0 Å².